The minimum absolute atomic E-state index is 0. The van der Waals surface area contributed by atoms with Gasteiger partial charge in [0.15, 0.2) is 6.29 Å². The maximum absolute atomic E-state index is 10.2. The maximum atomic E-state index is 10.2. The zero-order chi connectivity index (χ0) is 11.6. The van der Waals surface area contributed by atoms with Crippen LogP contribution in [0.25, 0.3) is 0 Å². The summed E-state index contributed by atoms with van der Waals surface area (Å²) in [6, 6.07) is 0. The maximum Gasteiger partial charge on any atom is 1.00 e. The van der Waals surface area contributed by atoms with Crippen molar-refractivity contribution >= 4 is 8.25 Å². The molecule has 5 N–H and O–H groups in total. The Morgan fingerprint density at radius 2 is 1.69 bits per heavy atom. The molecule has 0 aromatic rings. The standard InChI is InChI=1S/C6H11O8P.K/c7-3-2(1-13-15(11)12)14-6(10)5(9)4(3)8;/h2-10H,1H2;/q;+1/p+1. The molecular formula is C6H12KO8P+2. The fraction of sp³-hybridized carbons (Fsp3) is 1.00. The summed E-state index contributed by atoms with van der Waals surface area (Å²) in [5.74, 6) is 0. The first-order valence-corrected chi connectivity index (χ1v) is 5.23. The van der Waals surface area contributed by atoms with Crippen LogP contribution in [0, 0.1) is 0 Å². The molecule has 10 heteroatoms. The summed E-state index contributed by atoms with van der Waals surface area (Å²) in [6.45, 7) is -0.478. The molecule has 16 heavy (non-hydrogen) atoms. The van der Waals surface area contributed by atoms with Crippen LogP contribution < -0.4 is 51.4 Å². The van der Waals surface area contributed by atoms with Gasteiger partial charge in [-0.25, -0.2) is 0 Å². The van der Waals surface area contributed by atoms with Gasteiger partial charge in [-0.1, -0.05) is 0 Å². The molecule has 0 aromatic carbocycles. The summed E-state index contributed by atoms with van der Waals surface area (Å²) in [6.07, 6.45) is -7.57. The van der Waals surface area contributed by atoms with Crippen LogP contribution in [-0.4, -0.2) is 62.6 Å². The zero-order valence-electron chi connectivity index (χ0n) is 8.50. The first kappa shape index (κ1) is 17.5. The largest absolute Gasteiger partial charge is 1.00 e. The van der Waals surface area contributed by atoms with E-state index in [0.717, 1.165) is 0 Å². The number of aliphatic hydroxyl groups excluding tert-OH is 4. The van der Waals surface area contributed by atoms with Crippen LogP contribution in [-0.2, 0) is 13.8 Å². The van der Waals surface area contributed by atoms with Crippen molar-refractivity contribution in [3.8, 4) is 0 Å². The molecule has 8 nitrogen and oxygen atoms in total. The zero-order valence-corrected chi connectivity index (χ0v) is 12.5. The van der Waals surface area contributed by atoms with Crippen LogP contribution in [0.15, 0.2) is 0 Å². The second kappa shape index (κ2) is 7.80. The molecule has 6 unspecified atom stereocenters. The van der Waals surface area contributed by atoms with Gasteiger partial charge < -0.3 is 25.2 Å². The van der Waals surface area contributed by atoms with E-state index in [-0.39, 0.29) is 51.4 Å². The quantitative estimate of drug-likeness (QED) is 0.255. The van der Waals surface area contributed by atoms with E-state index in [1.54, 1.807) is 0 Å². The Labute approximate surface area is 135 Å². The number of hydrogen-bond acceptors (Lipinski definition) is 7. The predicted octanol–water partition coefficient (Wildman–Crippen LogP) is -5.54. The molecule has 0 amide bonds. The van der Waals surface area contributed by atoms with Crippen LogP contribution in [0.2, 0.25) is 0 Å². The number of hydrogen-bond donors (Lipinski definition) is 5. The average molecular weight is 282 g/mol. The monoisotopic (exact) mass is 282 g/mol. The van der Waals surface area contributed by atoms with Gasteiger partial charge in [-0.15, -0.1) is 9.42 Å². The number of ether oxygens (including phenoxy) is 1. The van der Waals surface area contributed by atoms with Crippen molar-refractivity contribution in [1.82, 2.24) is 0 Å². The van der Waals surface area contributed by atoms with Gasteiger partial charge in [-0.2, -0.15) is 0 Å². The molecule has 0 spiro atoms. The third-order valence-corrected chi connectivity index (χ3v) is 2.41. The first-order chi connectivity index (χ1) is 6.93. The summed E-state index contributed by atoms with van der Waals surface area (Å²) >= 11 is 0. The van der Waals surface area contributed by atoms with Crippen molar-refractivity contribution in [3.05, 3.63) is 0 Å². The van der Waals surface area contributed by atoms with E-state index in [1.165, 1.54) is 0 Å². The van der Waals surface area contributed by atoms with Crippen molar-refractivity contribution in [2.45, 2.75) is 30.7 Å². The van der Waals surface area contributed by atoms with E-state index in [4.69, 9.17) is 15.1 Å². The second-order valence-corrected chi connectivity index (χ2v) is 3.80. The predicted molar refractivity (Wildman–Crippen MR) is 44.7 cm³/mol. The fourth-order valence-corrected chi connectivity index (χ4v) is 1.48. The van der Waals surface area contributed by atoms with E-state index >= 15 is 0 Å². The molecule has 0 bridgehead atoms. The Morgan fingerprint density at radius 3 is 2.19 bits per heavy atom. The van der Waals surface area contributed by atoms with E-state index in [9.17, 15) is 14.8 Å². The third-order valence-electron chi connectivity index (χ3n) is 2.04. The molecule has 0 saturated carbocycles. The van der Waals surface area contributed by atoms with Crippen molar-refractivity contribution in [1.29, 1.82) is 0 Å². The first-order valence-electron chi connectivity index (χ1n) is 4.10. The Kier molecular flexibility index (Phi) is 8.51. The van der Waals surface area contributed by atoms with Gasteiger partial charge in [-0.3, -0.25) is 0 Å². The molecule has 1 aliphatic heterocycles. The molecule has 0 aromatic heterocycles. The van der Waals surface area contributed by atoms with E-state index in [1.807, 2.05) is 0 Å². The van der Waals surface area contributed by atoms with E-state index in [2.05, 4.69) is 9.26 Å². The van der Waals surface area contributed by atoms with Crippen molar-refractivity contribution in [2.24, 2.45) is 0 Å². The Hall–Kier alpha value is 1.46. The van der Waals surface area contributed by atoms with Crippen LogP contribution in [0.3, 0.4) is 0 Å². The molecule has 0 aliphatic carbocycles. The molecule has 1 rings (SSSR count). The summed E-state index contributed by atoms with van der Waals surface area (Å²) in [5.41, 5.74) is 0. The number of rotatable bonds is 3. The van der Waals surface area contributed by atoms with Gasteiger partial charge in [0.05, 0.1) is 0 Å². The van der Waals surface area contributed by atoms with E-state index < -0.39 is 45.6 Å². The van der Waals surface area contributed by atoms with Crippen LogP contribution in [0.1, 0.15) is 0 Å². The third kappa shape index (κ3) is 4.61. The van der Waals surface area contributed by atoms with E-state index in [0.29, 0.717) is 0 Å². The molecule has 88 valence electrons. The molecule has 1 saturated heterocycles. The summed E-state index contributed by atoms with van der Waals surface area (Å²) < 4.78 is 19.1. The van der Waals surface area contributed by atoms with Gasteiger partial charge in [0.1, 0.15) is 31.0 Å². The molecule has 0 radical (unpaired) electrons. The van der Waals surface area contributed by atoms with Crippen LogP contribution in [0.4, 0.5) is 0 Å². The summed E-state index contributed by atoms with van der Waals surface area (Å²) in [7, 11) is -2.85. The Balaban J connectivity index is 0.00000225. The summed E-state index contributed by atoms with van der Waals surface area (Å²) in [4.78, 5) is 8.33. The van der Waals surface area contributed by atoms with Gasteiger partial charge >= 0.3 is 59.6 Å². The SMILES string of the molecule is O=[P+](O)OCC1OC(O)C(O)C(O)C1O.[K+]. The van der Waals surface area contributed by atoms with Gasteiger partial charge in [0.25, 0.3) is 0 Å². The molecule has 1 heterocycles. The molecular weight excluding hydrogens is 270 g/mol. The van der Waals surface area contributed by atoms with Crippen LogP contribution >= 0.6 is 8.25 Å². The minimum Gasteiger partial charge on any atom is -0.387 e. The Bertz CT molecular complexity index is 241. The molecule has 1 aliphatic rings. The molecule has 1 fully saturated rings. The Morgan fingerprint density at radius 1 is 1.12 bits per heavy atom. The van der Waals surface area contributed by atoms with Crippen molar-refractivity contribution < 1.29 is 90.5 Å². The van der Waals surface area contributed by atoms with Crippen molar-refractivity contribution in [2.75, 3.05) is 6.61 Å². The van der Waals surface area contributed by atoms with Crippen LogP contribution in [0.5, 0.6) is 0 Å². The summed E-state index contributed by atoms with van der Waals surface area (Å²) in [5, 5.41) is 36.7. The van der Waals surface area contributed by atoms with Gasteiger partial charge in [-0.05, 0) is 0 Å². The normalized spacial score (nSPS) is 40.1. The number of aliphatic hydroxyl groups is 4. The fourth-order valence-electron chi connectivity index (χ4n) is 1.21. The smallest absolute Gasteiger partial charge is 0.387 e. The topological polar surface area (TPSA) is 137 Å². The average Bonchev–Trinajstić information content (AvgIpc) is 2.18. The van der Waals surface area contributed by atoms with Crippen molar-refractivity contribution in [3.63, 3.8) is 0 Å². The van der Waals surface area contributed by atoms with Gasteiger partial charge in [0.2, 0.25) is 0 Å². The second-order valence-electron chi connectivity index (χ2n) is 3.07. The molecule has 6 atom stereocenters. The van der Waals surface area contributed by atoms with Gasteiger partial charge in [0, 0.05) is 4.57 Å². The minimum atomic E-state index is -2.85.